The highest BCUT2D eigenvalue weighted by Crippen LogP contribution is 2.42. The van der Waals surface area contributed by atoms with Crippen LogP contribution in [0.2, 0.25) is 0 Å². The molecule has 3 aromatic rings. The maximum atomic E-state index is 13.9. The first-order chi connectivity index (χ1) is 21.3. The minimum atomic E-state index is -1.00. The molecule has 1 fully saturated rings. The normalized spacial score (nSPS) is 17.8. The van der Waals surface area contributed by atoms with E-state index in [0.717, 1.165) is 22.5 Å². The lowest BCUT2D eigenvalue weighted by Crippen LogP contribution is -2.71. The number of nitrogens with zero attached hydrogens (tertiary/aromatic N) is 3. The molecule has 11 nitrogen and oxygen atoms in total. The number of thioether (sulfide) groups is 1. The molecular formula is C29H23Cl2N5O6S2. The van der Waals surface area contributed by atoms with Crippen LogP contribution in [-0.2, 0) is 28.8 Å². The first-order valence-electron chi connectivity index (χ1n) is 12.9. The van der Waals surface area contributed by atoms with E-state index in [1.165, 1.54) is 35.2 Å². The molecule has 3 amide bonds. The number of benzene rings is 2. The zero-order valence-electron chi connectivity index (χ0n) is 22.8. The van der Waals surface area contributed by atoms with Crippen LogP contribution in [0.5, 0.6) is 0 Å². The van der Waals surface area contributed by atoms with E-state index in [1.807, 2.05) is 60.7 Å². The van der Waals surface area contributed by atoms with Crippen molar-refractivity contribution in [3.05, 3.63) is 105 Å². The minimum Gasteiger partial charge on any atom is -0.448 e. The van der Waals surface area contributed by atoms with E-state index in [2.05, 4.69) is 20.8 Å². The fourth-order valence-corrected chi connectivity index (χ4v) is 6.85. The topological polar surface area (TPSA) is 139 Å². The van der Waals surface area contributed by atoms with Gasteiger partial charge in [-0.25, -0.2) is 9.78 Å². The number of aromatic nitrogens is 1. The van der Waals surface area contributed by atoms with Gasteiger partial charge in [0.15, 0.2) is 16.9 Å². The average Bonchev–Trinajstić information content (AvgIpc) is 3.49. The Balaban J connectivity index is 1.41. The molecular weight excluding hydrogens is 649 g/mol. The summed E-state index contributed by atoms with van der Waals surface area (Å²) in [5.41, 5.74) is 1.79. The molecule has 0 aliphatic carbocycles. The Labute approximate surface area is 269 Å². The Kier molecular flexibility index (Phi) is 10.0. The van der Waals surface area contributed by atoms with Gasteiger partial charge in [0.2, 0.25) is 6.41 Å². The molecule has 5 rings (SSSR count). The third-order valence-electron chi connectivity index (χ3n) is 6.52. The SMILES string of the molecule is CON=C(C(=O)NC1C(=O)N2C(C(=O)OC(c3ccccc3)c3ccccc3)=C(C=C(Cl)Cl)CS[C@H]12)c1csc(NC=O)n1. The number of β-lactam (4-membered cyclic amide) rings is 1. The van der Waals surface area contributed by atoms with Crippen molar-refractivity contribution in [2.75, 3.05) is 18.2 Å². The second-order valence-electron chi connectivity index (χ2n) is 9.20. The van der Waals surface area contributed by atoms with Gasteiger partial charge in [-0.2, -0.15) is 0 Å². The first-order valence-corrected chi connectivity index (χ1v) is 15.6. The second-order valence-corrected chi connectivity index (χ2v) is 12.2. The summed E-state index contributed by atoms with van der Waals surface area (Å²) in [5, 5.41) is 9.95. The lowest BCUT2D eigenvalue weighted by atomic mass is 10.0. The molecule has 0 saturated carbocycles. The third-order valence-corrected chi connectivity index (χ3v) is 8.81. The molecule has 1 aromatic heterocycles. The van der Waals surface area contributed by atoms with Crippen LogP contribution >= 0.6 is 46.3 Å². The predicted octanol–water partition coefficient (Wildman–Crippen LogP) is 4.37. The molecule has 1 unspecified atom stereocenters. The molecule has 2 N–H and O–H groups in total. The molecule has 2 aliphatic rings. The van der Waals surface area contributed by atoms with Gasteiger partial charge in [-0.15, -0.1) is 23.1 Å². The maximum Gasteiger partial charge on any atom is 0.356 e. The number of esters is 1. The van der Waals surface area contributed by atoms with Gasteiger partial charge in [0, 0.05) is 11.1 Å². The van der Waals surface area contributed by atoms with Gasteiger partial charge in [0.1, 0.15) is 34.4 Å². The van der Waals surface area contributed by atoms with Crippen molar-refractivity contribution in [3.8, 4) is 0 Å². The van der Waals surface area contributed by atoms with Crippen LogP contribution in [0, 0.1) is 0 Å². The quantitative estimate of drug-likeness (QED) is 0.101. The molecule has 226 valence electrons. The van der Waals surface area contributed by atoms with E-state index >= 15 is 0 Å². The largest absolute Gasteiger partial charge is 0.448 e. The number of rotatable bonds is 11. The number of fused-ring (bicyclic) bond motifs is 1. The summed E-state index contributed by atoms with van der Waals surface area (Å²) in [5.74, 6) is -1.79. The Bertz CT molecular complexity index is 1620. The van der Waals surface area contributed by atoms with Gasteiger partial charge in [0.05, 0.1) is 0 Å². The second kappa shape index (κ2) is 14.1. The molecule has 0 spiro atoms. The Morgan fingerprint density at radius 2 is 1.77 bits per heavy atom. The number of carbonyl (C=O) groups is 4. The van der Waals surface area contributed by atoms with Crippen molar-refractivity contribution >= 4 is 81.3 Å². The molecule has 15 heteroatoms. The summed E-state index contributed by atoms with van der Waals surface area (Å²) < 4.78 is 5.97. The average molecular weight is 673 g/mol. The number of halogens is 2. The highest BCUT2D eigenvalue weighted by molar-refractivity contribution is 8.00. The van der Waals surface area contributed by atoms with Crippen molar-refractivity contribution in [2.24, 2.45) is 5.16 Å². The van der Waals surface area contributed by atoms with Crippen LogP contribution in [-0.4, -0.2) is 64.1 Å². The number of thiazole rings is 1. The smallest absolute Gasteiger partial charge is 0.356 e. The van der Waals surface area contributed by atoms with Crippen molar-refractivity contribution in [2.45, 2.75) is 17.5 Å². The standard InChI is InChI=1S/C29H23Cl2N5O6S2/c1-41-35-21(19-14-44-29(33-19)32-15-37)25(38)34-22-26(39)36-23(18(12-20(30)31)13-43-27(22)36)28(40)42-24(16-8-4-2-5-9-16)17-10-6-3-7-11-17/h2-12,14-15,22,24,27H,13H2,1H3,(H,34,38)(H,32,33,37)/t22?,27-/m1/s1. The number of oxime groups is 1. The highest BCUT2D eigenvalue weighted by atomic mass is 35.5. The molecule has 1 saturated heterocycles. The van der Waals surface area contributed by atoms with E-state index in [9.17, 15) is 19.2 Å². The van der Waals surface area contributed by atoms with Gasteiger partial charge < -0.3 is 20.2 Å². The van der Waals surface area contributed by atoms with Gasteiger partial charge in [-0.3, -0.25) is 19.3 Å². The van der Waals surface area contributed by atoms with Crippen LogP contribution in [0.25, 0.3) is 0 Å². The maximum absolute atomic E-state index is 13.9. The number of amides is 3. The van der Waals surface area contributed by atoms with Gasteiger partial charge in [-0.1, -0.05) is 89.0 Å². The molecule has 44 heavy (non-hydrogen) atoms. The van der Waals surface area contributed by atoms with E-state index in [1.54, 1.807) is 0 Å². The number of nitrogens with one attached hydrogen (secondary N) is 2. The van der Waals surface area contributed by atoms with Crippen molar-refractivity contribution < 1.29 is 28.8 Å². The predicted molar refractivity (Wildman–Crippen MR) is 168 cm³/mol. The number of allylic oxidation sites excluding steroid dienone is 1. The zero-order chi connectivity index (χ0) is 31.2. The molecule has 0 radical (unpaired) electrons. The van der Waals surface area contributed by atoms with Crippen LogP contribution in [0.15, 0.2) is 93.0 Å². The number of hydrogen-bond acceptors (Lipinski definition) is 10. The monoisotopic (exact) mass is 671 g/mol. The van der Waals surface area contributed by atoms with Crippen LogP contribution < -0.4 is 10.6 Å². The molecule has 2 atom stereocenters. The lowest BCUT2D eigenvalue weighted by Gasteiger charge is -2.49. The summed E-state index contributed by atoms with van der Waals surface area (Å²) in [7, 11) is 1.26. The van der Waals surface area contributed by atoms with Crippen LogP contribution in [0.3, 0.4) is 0 Å². The van der Waals surface area contributed by atoms with Crippen molar-refractivity contribution in [1.29, 1.82) is 0 Å². The summed E-state index contributed by atoms with van der Waals surface area (Å²) in [6.45, 7) is 0. The zero-order valence-corrected chi connectivity index (χ0v) is 26.0. The Morgan fingerprint density at radius 1 is 1.11 bits per heavy atom. The van der Waals surface area contributed by atoms with Gasteiger partial charge >= 0.3 is 5.97 Å². The molecule has 2 aromatic carbocycles. The van der Waals surface area contributed by atoms with E-state index in [0.29, 0.717) is 12.0 Å². The fraction of sp³-hybridized carbons (Fsp3) is 0.172. The lowest BCUT2D eigenvalue weighted by molar-refractivity contribution is -0.154. The van der Waals surface area contributed by atoms with Crippen LogP contribution in [0.1, 0.15) is 22.9 Å². The minimum absolute atomic E-state index is 0.0187. The number of anilines is 1. The third kappa shape index (κ3) is 6.65. The Morgan fingerprint density at radius 3 is 2.36 bits per heavy atom. The number of ether oxygens (including phenoxy) is 1. The summed E-state index contributed by atoms with van der Waals surface area (Å²) in [4.78, 5) is 61.7. The Hall–Kier alpha value is -4.17. The number of carbonyl (C=O) groups excluding carboxylic acids is 4. The number of hydrogen-bond donors (Lipinski definition) is 2. The first kappa shape index (κ1) is 31.3. The van der Waals surface area contributed by atoms with Crippen molar-refractivity contribution in [3.63, 3.8) is 0 Å². The van der Waals surface area contributed by atoms with Gasteiger partial charge in [0.25, 0.3) is 11.8 Å². The van der Waals surface area contributed by atoms with Gasteiger partial charge in [-0.05, 0) is 22.8 Å². The van der Waals surface area contributed by atoms with Crippen LogP contribution in [0.4, 0.5) is 5.13 Å². The molecule has 0 bridgehead atoms. The summed E-state index contributed by atoms with van der Waals surface area (Å²) in [6, 6.07) is 17.4. The summed E-state index contributed by atoms with van der Waals surface area (Å²) >= 11 is 14.3. The van der Waals surface area contributed by atoms with Crippen molar-refractivity contribution in [1.82, 2.24) is 15.2 Å². The molecule has 2 aliphatic heterocycles. The highest BCUT2D eigenvalue weighted by Gasteiger charge is 2.54. The van der Waals surface area contributed by atoms with E-state index in [-0.39, 0.29) is 32.5 Å². The van der Waals surface area contributed by atoms with E-state index in [4.69, 9.17) is 32.8 Å². The fourth-order valence-electron chi connectivity index (χ4n) is 4.63. The van der Waals surface area contributed by atoms with E-state index < -0.39 is 35.3 Å². The molecule has 3 heterocycles. The summed E-state index contributed by atoms with van der Waals surface area (Å²) in [6.07, 6.45) is 1.09.